The first kappa shape index (κ1) is 29.3. The zero-order valence-electron chi connectivity index (χ0n) is 21.7. The number of benzene rings is 1. The third kappa shape index (κ3) is 11.6. The van der Waals surface area contributed by atoms with E-state index in [1.165, 1.54) is 64.2 Å². The van der Waals surface area contributed by atoms with E-state index in [0.29, 0.717) is 30.8 Å². The van der Waals surface area contributed by atoms with Crippen LogP contribution < -0.4 is 0 Å². The predicted molar refractivity (Wildman–Crippen MR) is 137 cm³/mol. The fraction of sp³-hybridized carbons (Fsp3) is 0.724. The number of esters is 2. The largest absolute Gasteiger partial charge is 0.461 e. The number of unbranched alkanes of at least 4 members (excludes halogenated alkanes) is 12. The van der Waals surface area contributed by atoms with Crippen molar-refractivity contribution in [3.63, 3.8) is 0 Å². The Balaban J connectivity index is 1.65. The van der Waals surface area contributed by atoms with E-state index in [4.69, 9.17) is 19.3 Å². The number of hydrogen-bond acceptors (Lipinski definition) is 6. The normalized spacial score (nSPS) is 15.3. The van der Waals surface area contributed by atoms with Crippen molar-refractivity contribution in [2.45, 2.75) is 116 Å². The van der Waals surface area contributed by atoms with E-state index in [1.807, 2.05) is 6.07 Å². The molecule has 2 rings (SSSR count). The van der Waals surface area contributed by atoms with Crippen LogP contribution in [0.25, 0.3) is 0 Å². The van der Waals surface area contributed by atoms with Crippen molar-refractivity contribution < 1.29 is 28.9 Å². The van der Waals surface area contributed by atoms with Crippen molar-refractivity contribution in [1.82, 2.24) is 0 Å². The Morgan fingerprint density at radius 2 is 1.54 bits per heavy atom. The molecule has 1 N–H and O–H groups in total. The molecule has 1 unspecified atom stereocenters. The van der Waals surface area contributed by atoms with Crippen LogP contribution in [0.15, 0.2) is 18.2 Å². The van der Waals surface area contributed by atoms with Crippen molar-refractivity contribution in [3.05, 3.63) is 34.9 Å². The second-order valence-corrected chi connectivity index (χ2v) is 9.65. The Morgan fingerprint density at radius 1 is 0.914 bits per heavy atom. The summed E-state index contributed by atoms with van der Waals surface area (Å²) < 4.78 is 15.9. The van der Waals surface area contributed by atoms with Crippen LogP contribution in [-0.2, 0) is 25.6 Å². The molecule has 0 spiro atoms. The van der Waals surface area contributed by atoms with E-state index < -0.39 is 12.8 Å². The Hall–Kier alpha value is -1.92. The summed E-state index contributed by atoms with van der Waals surface area (Å²) in [6.07, 6.45) is 17.7. The minimum Gasteiger partial charge on any atom is -0.461 e. The topological polar surface area (TPSA) is 82.1 Å². The molecular formula is C29H46O6. The number of hydrogen-bond donors (Lipinski definition) is 1. The van der Waals surface area contributed by atoms with Crippen LogP contribution in [0.2, 0.25) is 0 Å². The van der Waals surface area contributed by atoms with Crippen LogP contribution in [0.4, 0.5) is 0 Å². The highest BCUT2D eigenvalue weighted by Crippen LogP contribution is 2.31. The molecule has 0 aliphatic carbocycles. The van der Waals surface area contributed by atoms with Gasteiger partial charge in [0.1, 0.15) is 6.61 Å². The first-order valence-electron chi connectivity index (χ1n) is 13.8. The molecule has 1 aliphatic heterocycles. The molecule has 0 radical (unpaired) electrons. The second kappa shape index (κ2) is 18.4. The van der Waals surface area contributed by atoms with E-state index in [1.54, 1.807) is 12.1 Å². The lowest BCUT2D eigenvalue weighted by molar-refractivity contribution is -0.145. The predicted octanol–water partition coefficient (Wildman–Crippen LogP) is 6.82. The highest BCUT2D eigenvalue weighted by atomic mass is 16.6. The van der Waals surface area contributed by atoms with E-state index in [2.05, 4.69) is 6.92 Å². The Kier molecular flexibility index (Phi) is 15.4. The molecule has 6 heteroatoms. The van der Waals surface area contributed by atoms with Gasteiger partial charge >= 0.3 is 11.9 Å². The van der Waals surface area contributed by atoms with Crippen molar-refractivity contribution >= 4 is 11.9 Å². The Bertz CT molecular complexity index is 726. The molecule has 1 atom stereocenters. The number of carbonyl (C=O) groups excluding carboxylic acids is 2. The van der Waals surface area contributed by atoms with Crippen molar-refractivity contribution in [1.29, 1.82) is 0 Å². The molecule has 1 aromatic carbocycles. The summed E-state index contributed by atoms with van der Waals surface area (Å²) in [5, 5.41) is 8.99. The molecule has 6 nitrogen and oxygen atoms in total. The van der Waals surface area contributed by atoms with Crippen molar-refractivity contribution in [2.75, 3.05) is 20.0 Å². The summed E-state index contributed by atoms with van der Waals surface area (Å²) in [7, 11) is 0. The van der Waals surface area contributed by atoms with Crippen LogP contribution in [0.1, 0.15) is 131 Å². The highest BCUT2D eigenvalue weighted by molar-refractivity contribution is 5.91. The number of carbonyl (C=O) groups is 2. The van der Waals surface area contributed by atoms with E-state index >= 15 is 0 Å². The van der Waals surface area contributed by atoms with Crippen molar-refractivity contribution in [3.8, 4) is 0 Å². The molecule has 1 heterocycles. The Morgan fingerprint density at radius 3 is 2.11 bits per heavy atom. The minimum absolute atomic E-state index is 0.0276. The summed E-state index contributed by atoms with van der Waals surface area (Å²) in [6, 6.07) is 5.39. The first-order chi connectivity index (χ1) is 17.2. The van der Waals surface area contributed by atoms with Gasteiger partial charge in [0.15, 0.2) is 6.79 Å². The third-order valence-corrected chi connectivity index (χ3v) is 6.86. The Labute approximate surface area is 211 Å². The molecule has 1 fully saturated rings. The molecule has 0 saturated carbocycles. The third-order valence-electron chi connectivity index (χ3n) is 6.86. The van der Waals surface area contributed by atoms with Gasteiger partial charge in [-0.3, -0.25) is 4.79 Å². The lowest BCUT2D eigenvalue weighted by atomic mass is 9.91. The maximum Gasteiger partial charge on any atom is 0.340 e. The van der Waals surface area contributed by atoms with Gasteiger partial charge in [0.25, 0.3) is 0 Å². The molecule has 35 heavy (non-hydrogen) atoms. The molecule has 1 saturated heterocycles. The van der Waals surface area contributed by atoms with Crippen LogP contribution in [0.5, 0.6) is 0 Å². The van der Waals surface area contributed by atoms with Gasteiger partial charge in [-0.25, -0.2) is 4.79 Å². The fourth-order valence-electron chi connectivity index (χ4n) is 4.77. The minimum atomic E-state index is -0.687. The zero-order valence-corrected chi connectivity index (χ0v) is 21.7. The maximum absolute atomic E-state index is 12.4. The van der Waals surface area contributed by atoms with E-state index in [9.17, 15) is 9.59 Å². The van der Waals surface area contributed by atoms with Gasteiger partial charge in [-0.1, -0.05) is 96.1 Å². The lowest BCUT2D eigenvalue weighted by Gasteiger charge is -2.17. The molecule has 1 aromatic rings. The molecule has 0 bridgehead atoms. The van der Waals surface area contributed by atoms with Gasteiger partial charge in [0, 0.05) is 24.5 Å². The van der Waals surface area contributed by atoms with Crippen LogP contribution in [-0.4, -0.2) is 37.1 Å². The average Bonchev–Trinajstić information content (AvgIpc) is 3.40. The van der Waals surface area contributed by atoms with Gasteiger partial charge in [0.05, 0.1) is 12.2 Å². The zero-order chi connectivity index (χ0) is 25.1. The van der Waals surface area contributed by atoms with Crippen LogP contribution in [0.3, 0.4) is 0 Å². The van der Waals surface area contributed by atoms with E-state index in [-0.39, 0.29) is 18.5 Å². The summed E-state index contributed by atoms with van der Waals surface area (Å²) in [5.41, 5.74) is 1.93. The van der Waals surface area contributed by atoms with Gasteiger partial charge in [0.2, 0.25) is 0 Å². The number of rotatable bonds is 19. The summed E-state index contributed by atoms with van der Waals surface area (Å²) in [6.45, 7) is 2.85. The number of aliphatic hydroxyl groups is 1. The van der Waals surface area contributed by atoms with E-state index in [0.717, 1.165) is 31.2 Å². The van der Waals surface area contributed by atoms with Gasteiger partial charge in [-0.05, 0) is 24.5 Å². The fourth-order valence-corrected chi connectivity index (χ4v) is 4.77. The molecule has 198 valence electrons. The van der Waals surface area contributed by atoms with Crippen LogP contribution >= 0.6 is 0 Å². The number of ether oxygens (including phenoxy) is 3. The SMILES string of the molecule is CCCCCCCCCCCCCCCC(=O)OCc1c(C(=O)OCO)cccc1C1CCOC1. The smallest absolute Gasteiger partial charge is 0.340 e. The second-order valence-electron chi connectivity index (χ2n) is 9.65. The van der Waals surface area contributed by atoms with Crippen LogP contribution in [0, 0.1) is 0 Å². The van der Waals surface area contributed by atoms with Gasteiger partial charge in [-0.2, -0.15) is 0 Å². The molecule has 0 aromatic heterocycles. The summed E-state index contributed by atoms with van der Waals surface area (Å²) in [4.78, 5) is 24.7. The molecule has 1 aliphatic rings. The summed E-state index contributed by atoms with van der Waals surface area (Å²) >= 11 is 0. The quantitative estimate of drug-likeness (QED) is 0.130. The first-order valence-corrected chi connectivity index (χ1v) is 13.8. The standard InChI is InChI=1S/C29H46O6/c1-2-3-4-5-6-7-8-9-10-11-12-13-14-18-28(31)34-22-27-25(24-19-20-33-21-24)16-15-17-26(27)29(32)35-23-30/h15-17,24,30H,2-14,18-23H2,1H3. The lowest BCUT2D eigenvalue weighted by Crippen LogP contribution is -2.15. The van der Waals surface area contributed by atoms with Gasteiger partial charge in [-0.15, -0.1) is 0 Å². The maximum atomic E-state index is 12.4. The summed E-state index contributed by atoms with van der Waals surface area (Å²) in [5.74, 6) is -0.700. The molecule has 0 amide bonds. The molecular weight excluding hydrogens is 444 g/mol. The van der Waals surface area contributed by atoms with Gasteiger partial charge < -0.3 is 19.3 Å². The highest BCUT2D eigenvalue weighted by Gasteiger charge is 2.25. The van der Waals surface area contributed by atoms with Crippen molar-refractivity contribution in [2.24, 2.45) is 0 Å². The number of aliphatic hydroxyl groups excluding tert-OH is 1. The monoisotopic (exact) mass is 490 g/mol. The average molecular weight is 491 g/mol.